The molecule has 1 heterocycles. The summed E-state index contributed by atoms with van der Waals surface area (Å²) in [6, 6.07) is 5.89. The summed E-state index contributed by atoms with van der Waals surface area (Å²) in [7, 11) is 1.92. The van der Waals surface area contributed by atoms with Crippen molar-refractivity contribution >= 4 is 11.6 Å². The summed E-state index contributed by atoms with van der Waals surface area (Å²) in [4.78, 5) is 0. The molecule has 1 aliphatic rings. The second kappa shape index (κ2) is 3.56. The van der Waals surface area contributed by atoms with Gasteiger partial charge in [-0.3, -0.25) is 0 Å². The molecule has 3 heteroatoms. The molecule has 1 N–H and O–H groups in total. The van der Waals surface area contributed by atoms with Gasteiger partial charge >= 0.3 is 0 Å². The number of para-hydroxylation sites is 1. The third-order valence-electron chi connectivity index (χ3n) is 2.21. The highest BCUT2D eigenvalue weighted by Crippen LogP contribution is 2.35. The smallest absolute Gasteiger partial charge is 0.141 e. The van der Waals surface area contributed by atoms with Crippen molar-refractivity contribution in [2.24, 2.45) is 0 Å². The zero-order chi connectivity index (χ0) is 9.26. The maximum Gasteiger partial charge on any atom is 0.141 e. The molecular formula is C10H12ClNO. The molecule has 0 aliphatic carbocycles. The van der Waals surface area contributed by atoms with Crippen LogP contribution in [0.15, 0.2) is 18.2 Å². The second-order valence-electron chi connectivity index (χ2n) is 3.23. The van der Waals surface area contributed by atoms with Crippen LogP contribution in [0.2, 0.25) is 5.02 Å². The minimum absolute atomic E-state index is 0.236. The van der Waals surface area contributed by atoms with Crippen LogP contribution in [0.25, 0.3) is 0 Å². The van der Waals surface area contributed by atoms with E-state index in [4.69, 9.17) is 16.3 Å². The molecule has 1 aromatic carbocycles. The molecule has 0 bridgehead atoms. The summed E-state index contributed by atoms with van der Waals surface area (Å²) in [5, 5.41) is 3.81. The highest BCUT2D eigenvalue weighted by Gasteiger charge is 2.23. The van der Waals surface area contributed by atoms with Crippen LogP contribution in [-0.4, -0.2) is 19.7 Å². The fraction of sp³-hybridized carbons (Fsp3) is 0.400. The predicted octanol–water partition coefficient (Wildman–Crippen LogP) is 1.86. The van der Waals surface area contributed by atoms with Gasteiger partial charge in [0.25, 0.3) is 0 Å². The Labute approximate surface area is 82.9 Å². The van der Waals surface area contributed by atoms with Gasteiger partial charge in [-0.05, 0) is 18.7 Å². The van der Waals surface area contributed by atoms with Gasteiger partial charge in [0.2, 0.25) is 0 Å². The number of rotatable bonds is 2. The van der Waals surface area contributed by atoms with Crippen LogP contribution in [-0.2, 0) is 6.42 Å². The van der Waals surface area contributed by atoms with Gasteiger partial charge in [-0.2, -0.15) is 0 Å². The van der Waals surface area contributed by atoms with Gasteiger partial charge in [-0.15, -0.1) is 0 Å². The molecule has 2 rings (SSSR count). The van der Waals surface area contributed by atoms with E-state index in [-0.39, 0.29) is 6.10 Å². The molecule has 1 aliphatic heterocycles. The quantitative estimate of drug-likeness (QED) is 0.782. The Balaban J connectivity index is 2.20. The number of hydrogen-bond acceptors (Lipinski definition) is 2. The molecule has 0 spiro atoms. The highest BCUT2D eigenvalue weighted by molar-refractivity contribution is 6.32. The van der Waals surface area contributed by atoms with Crippen molar-refractivity contribution in [1.29, 1.82) is 0 Å². The second-order valence-corrected chi connectivity index (χ2v) is 3.64. The van der Waals surface area contributed by atoms with E-state index in [1.807, 2.05) is 19.2 Å². The molecule has 0 fully saturated rings. The minimum atomic E-state index is 0.236. The summed E-state index contributed by atoms with van der Waals surface area (Å²) in [6.07, 6.45) is 1.19. The number of nitrogens with one attached hydrogen (secondary N) is 1. The lowest BCUT2D eigenvalue weighted by Crippen LogP contribution is -2.27. The van der Waals surface area contributed by atoms with Crippen LogP contribution in [0.1, 0.15) is 5.56 Å². The Hall–Kier alpha value is -0.730. The summed E-state index contributed by atoms with van der Waals surface area (Å²) < 4.78 is 5.68. The predicted molar refractivity (Wildman–Crippen MR) is 53.5 cm³/mol. The SMILES string of the molecule is CNCC1Cc2cccc(Cl)c2O1. The molecule has 2 nitrogen and oxygen atoms in total. The fourth-order valence-electron chi connectivity index (χ4n) is 1.64. The van der Waals surface area contributed by atoms with Crippen LogP contribution in [0.4, 0.5) is 0 Å². The van der Waals surface area contributed by atoms with Crippen LogP contribution in [0.3, 0.4) is 0 Å². The first-order valence-corrected chi connectivity index (χ1v) is 4.77. The van der Waals surface area contributed by atoms with E-state index in [1.54, 1.807) is 0 Å². The van der Waals surface area contributed by atoms with Crippen LogP contribution >= 0.6 is 11.6 Å². The topological polar surface area (TPSA) is 21.3 Å². The Morgan fingerprint density at radius 3 is 3.15 bits per heavy atom. The average molecular weight is 198 g/mol. The number of fused-ring (bicyclic) bond motifs is 1. The van der Waals surface area contributed by atoms with Gasteiger partial charge in [-0.1, -0.05) is 23.7 Å². The normalized spacial score (nSPS) is 19.7. The van der Waals surface area contributed by atoms with E-state index >= 15 is 0 Å². The summed E-state index contributed by atoms with van der Waals surface area (Å²) in [5.74, 6) is 0.865. The average Bonchev–Trinajstić information content (AvgIpc) is 2.49. The summed E-state index contributed by atoms with van der Waals surface area (Å²) >= 11 is 5.99. The Morgan fingerprint density at radius 1 is 1.62 bits per heavy atom. The standard InChI is InChI=1S/C10H12ClNO/c1-12-6-8-5-7-3-2-4-9(11)10(7)13-8/h2-4,8,12H,5-6H2,1H3. The Morgan fingerprint density at radius 2 is 2.46 bits per heavy atom. The lowest BCUT2D eigenvalue weighted by atomic mass is 10.1. The van der Waals surface area contributed by atoms with E-state index in [9.17, 15) is 0 Å². The van der Waals surface area contributed by atoms with Crippen molar-refractivity contribution in [3.63, 3.8) is 0 Å². The van der Waals surface area contributed by atoms with Gasteiger partial charge < -0.3 is 10.1 Å². The number of likely N-dealkylation sites (N-methyl/N-ethyl adjacent to an activating group) is 1. The van der Waals surface area contributed by atoms with Crippen molar-refractivity contribution in [1.82, 2.24) is 5.32 Å². The lowest BCUT2D eigenvalue weighted by Gasteiger charge is -2.09. The first kappa shape index (κ1) is 8.85. The molecular weight excluding hydrogens is 186 g/mol. The Bertz CT molecular complexity index is 314. The van der Waals surface area contributed by atoms with E-state index in [0.29, 0.717) is 0 Å². The zero-order valence-electron chi connectivity index (χ0n) is 7.51. The minimum Gasteiger partial charge on any atom is -0.487 e. The monoisotopic (exact) mass is 197 g/mol. The molecule has 1 atom stereocenters. The van der Waals surface area contributed by atoms with Crippen LogP contribution in [0.5, 0.6) is 5.75 Å². The van der Waals surface area contributed by atoms with Crippen molar-refractivity contribution in [2.45, 2.75) is 12.5 Å². The molecule has 0 saturated carbocycles. The van der Waals surface area contributed by atoms with Crippen LogP contribution < -0.4 is 10.1 Å². The van der Waals surface area contributed by atoms with Crippen LogP contribution in [0, 0.1) is 0 Å². The highest BCUT2D eigenvalue weighted by atomic mass is 35.5. The number of benzene rings is 1. The first-order valence-electron chi connectivity index (χ1n) is 4.40. The molecule has 0 aromatic heterocycles. The van der Waals surface area contributed by atoms with Gasteiger partial charge in [0, 0.05) is 13.0 Å². The molecule has 70 valence electrons. The van der Waals surface area contributed by atoms with Gasteiger partial charge in [0.1, 0.15) is 11.9 Å². The molecule has 0 radical (unpaired) electrons. The van der Waals surface area contributed by atoms with Gasteiger partial charge in [-0.25, -0.2) is 0 Å². The third kappa shape index (κ3) is 1.64. The first-order chi connectivity index (χ1) is 6.31. The lowest BCUT2D eigenvalue weighted by molar-refractivity contribution is 0.231. The molecule has 0 amide bonds. The molecule has 1 unspecified atom stereocenters. The van der Waals surface area contributed by atoms with Crippen molar-refractivity contribution in [2.75, 3.05) is 13.6 Å². The van der Waals surface area contributed by atoms with E-state index < -0.39 is 0 Å². The van der Waals surface area contributed by atoms with Crippen molar-refractivity contribution in [3.05, 3.63) is 28.8 Å². The zero-order valence-corrected chi connectivity index (χ0v) is 8.27. The van der Waals surface area contributed by atoms with Gasteiger partial charge in [0.15, 0.2) is 0 Å². The molecule has 0 saturated heterocycles. The third-order valence-corrected chi connectivity index (χ3v) is 2.51. The van der Waals surface area contributed by atoms with Gasteiger partial charge in [0.05, 0.1) is 5.02 Å². The number of ether oxygens (including phenoxy) is 1. The number of halogens is 1. The fourth-order valence-corrected chi connectivity index (χ4v) is 1.88. The van der Waals surface area contributed by atoms with E-state index in [2.05, 4.69) is 11.4 Å². The maximum absolute atomic E-state index is 5.99. The molecule has 1 aromatic rings. The largest absolute Gasteiger partial charge is 0.487 e. The Kier molecular flexibility index (Phi) is 2.42. The van der Waals surface area contributed by atoms with E-state index in [0.717, 1.165) is 23.7 Å². The molecule has 13 heavy (non-hydrogen) atoms. The summed E-state index contributed by atoms with van der Waals surface area (Å²) in [5.41, 5.74) is 1.22. The van der Waals surface area contributed by atoms with Crippen molar-refractivity contribution in [3.8, 4) is 5.75 Å². The van der Waals surface area contributed by atoms with E-state index in [1.165, 1.54) is 5.56 Å². The maximum atomic E-state index is 5.99. The summed E-state index contributed by atoms with van der Waals surface area (Å²) in [6.45, 7) is 0.866. The van der Waals surface area contributed by atoms with Crippen molar-refractivity contribution < 1.29 is 4.74 Å². The number of hydrogen-bond donors (Lipinski definition) is 1.